The van der Waals surface area contributed by atoms with Gasteiger partial charge in [0, 0.05) is 34.4 Å². The monoisotopic (exact) mass is 637 g/mol. The highest BCUT2D eigenvalue weighted by molar-refractivity contribution is 5.89. The van der Waals surface area contributed by atoms with Crippen molar-refractivity contribution in [2.24, 2.45) is 5.10 Å². The van der Waals surface area contributed by atoms with Gasteiger partial charge in [0.2, 0.25) is 0 Å². The lowest BCUT2D eigenvalue weighted by molar-refractivity contribution is 0.660. The van der Waals surface area contributed by atoms with Crippen LogP contribution in [0.25, 0.3) is 22.3 Å². The Morgan fingerprint density at radius 2 is 0.959 bits per heavy atom. The number of nitrogens with zero attached hydrogens (tertiary/aromatic N) is 3. The molecule has 0 saturated heterocycles. The van der Waals surface area contributed by atoms with E-state index in [0.29, 0.717) is 0 Å². The normalized spacial score (nSPS) is 14.6. The van der Waals surface area contributed by atoms with Crippen LogP contribution in [0, 0.1) is 0 Å². The van der Waals surface area contributed by atoms with Crippen LogP contribution < -0.4 is 9.91 Å². The van der Waals surface area contributed by atoms with Gasteiger partial charge in [0.25, 0.3) is 0 Å². The molecular formula is C46H43N3. The third kappa shape index (κ3) is 5.16. The summed E-state index contributed by atoms with van der Waals surface area (Å²) >= 11 is 0. The fourth-order valence-electron chi connectivity index (χ4n) is 8.02. The highest BCUT2D eigenvalue weighted by Gasteiger charge is 2.37. The second-order valence-corrected chi connectivity index (χ2v) is 14.4. The number of hydrazone groups is 1. The Bertz CT molecular complexity index is 2080. The second kappa shape index (κ2) is 11.9. The topological polar surface area (TPSA) is 18.8 Å². The highest BCUT2D eigenvalue weighted by atomic mass is 15.4. The van der Waals surface area contributed by atoms with Gasteiger partial charge in [0.05, 0.1) is 11.9 Å². The average molecular weight is 638 g/mol. The van der Waals surface area contributed by atoms with E-state index in [1.165, 1.54) is 44.5 Å². The quantitative estimate of drug-likeness (QED) is 0.122. The van der Waals surface area contributed by atoms with E-state index in [9.17, 15) is 0 Å². The zero-order valence-corrected chi connectivity index (χ0v) is 29.1. The molecule has 3 heteroatoms. The second-order valence-electron chi connectivity index (χ2n) is 14.4. The number of fused-ring (bicyclic) bond motifs is 6. The number of benzene rings is 6. The highest BCUT2D eigenvalue weighted by Crippen LogP contribution is 2.53. The molecule has 0 N–H and O–H groups in total. The van der Waals surface area contributed by atoms with Gasteiger partial charge in [-0.3, -0.25) is 5.01 Å². The lowest BCUT2D eigenvalue weighted by Gasteiger charge is -2.29. The Balaban J connectivity index is 1.21. The van der Waals surface area contributed by atoms with Gasteiger partial charge in [-0.05, 0) is 105 Å². The molecule has 0 fully saturated rings. The van der Waals surface area contributed by atoms with E-state index in [4.69, 9.17) is 5.10 Å². The first-order valence-electron chi connectivity index (χ1n) is 17.5. The fourth-order valence-corrected chi connectivity index (χ4v) is 8.02. The molecule has 0 spiro atoms. The summed E-state index contributed by atoms with van der Waals surface area (Å²) in [4.78, 5) is 2.42. The Hall–Kier alpha value is -5.41. The Labute approximate surface area is 291 Å². The SMILES string of the molecule is CCCN(/N=C/c1ccc(N(c2ccc3c(c2)C(C)(C)c2ccccc2-3)c2ccc3c(c2)C(C)(C)c2ccccc2-3)cc1)c1ccccc1. The van der Waals surface area contributed by atoms with Crippen molar-refractivity contribution in [2.75, 3.05) is 16.5 Å². The van der Waals surface area contributed by atoms with Crippen molar-refractivity contribution in [3.63, 3.8) is 0 Å². The molecule has 0 unspecified atom stereocenters. The smallest absolute Gasteiger partial charge is 0.0593 e. The molecule has 0 aromatic heterocycles. The maximum absolute atomic E-state index is 4.89. The molecule has 242 valence electrons. The van der Waals surface area contributed by atoms with E-state index in [-0.39, 0.29) is 10.8 Å². The van der Waals surface area contributed by atoms with Crippen molar-refractivity contribution in [1.82, 2.24) is 0 Å². The van der Waals surface area contributed by atoms with Crippen LogP contribution in [0.15, 0.2) is 145 Å². The zero-order valence-electron chi connectivity index (χ0n) is 29.1. The predicted molar refractivity (Wildman–Crippen MR) is 208 cm³/mol. The van der Waals surface area contributed by atoms with E-state index in [2.05, 4.69) is 178 Å². The van der Waals surface area contributed by atoms with E-state index < -0.39 is 0 Å². The molecule has 6 aromatic carbocycles. The first-order chi connectivity index (χ1) is 23.8. The van der Waals surface area contributed by atoms with E-state index in [1.807, 2.05) is 12.3 Å². The van der Waals surface area contributed by atoms with Gasteiger partial charge in [0.1, 0.15) is 0 Å². The molecule has 2 aliphatic carbocycles. The van der Waals surface area contributed by atoms with Gasteiger partial charge < -0.3 is 4.90 Å². The van der Waals surface area contributed by atoms with Crippen molar-refractivity contribution in [3.05, 3.63) is 167 Å². The number of hydrogen-bond acceptors (Lipinski definition) is 3. The number of anilines is 4. The van der Waals surface area contributed by atoms with Gasteiger partial charge in [0.15, 0.2) is 0 Å². The molecule has 0 bridgehead atoms. The van der Waals surface area contributed by atoms with Crippen LogP contribution in [-0.4, -0.2) is 12.8 Å². The molecule has 2 aliphatic rings. The summed E-state index contributed by atoms with van der Waals surface area (Å²) in [5, 5.41) is 6.97. The summed E-state index contributed by atoms with van der Waals surface area (Å²) in [5.41, 5.74) is 16.3. The largest absolute Gasteiger partial charge is 0.310 e. The van der Waals surface area contributed by atoms with Crippen LogP contribution in [0.5, 0.6) is 0 Å². The first-order valence-corrected chi connectivity index (χ1v) is 17.5. The standard InChI is InChI=1S/C46H43N3/c1-6-28-48(33-14-8-7-9-15-33)47-31-32-20-22-34(23-21-32)49(35-24-26-39-37-16-10-12-18-41(37)45(2,3)43(39)29-35)36-25-27-40-38-17-11-13-19-42(38)46(4,5)44(40)30-36/h7-27,29-31H,6,28H2,1-5H3/b47-31+. The molecule has 8 rings (SSSR count). The molecule has 0 radical (unpaired) electrons. The zero-order chi connectivity index (χ0) is 33.8. The third-order valence-corrected chi connectivity index (χ3v) is 10.6. The lowest BCUT2D eigenvalue weighted by Crippen LogP contribution is -2.18. The van der Waals surface area contributed by atoms with Gasteiger partial charge >= 0.3 is 0 Å². The fraction of sp³-hybridized carbons (Fsp3) is 0.196. The molecule has 0 atom stereocenters. The molecule has 0 amide bonds. The molecule has 0 heterocycles. The van der Waals surface area contributed by atoms with Gasteiger partial charge in [-0.2, -0.15) is 5.10 Å². The summed E-state index contributed by atoms with van der Waals surface area (Å²) in [6.07, 6.45) is 2.99. The maximum Gasteiger partial charge on any atom is 0.0593 e. The van der Waals surface area contributed by atoms with Crippen LogP contribution in [0.2, 0.25) is 0 Å². The molecule has 6 aromatic rings. The summed E-state index contributed by atoms with van der Waals surface area (Å²) in [6.45, 7) is 12.5. The summed E-state index contributed by atoms with van der Waals surface area (Å²) in [7, 11) is 0. The lowest BCUT2D eigenvalue weighted by atomic mass is 9.82. The van der Waals surface area contributed by atoms with Gasteiger partial charge in [-0.15, -0.1) is 0 Å². The van der Waals surface area contributed by atoms with E-state index >= 15 is 0 Å². The minimum absolute atomic E-state index is 0.0847. The minimum atomic E-state index is -0.0847. The minimum Gasteiger partial charge on any atom is -0.310 e. The predicted octanol–water partition coefficient (Wildman–Crippen LogP) is 12.0. The summed E-state index contributed by atoms with van der Waals surface area (Å²) in [5.74, 6) is 0. The van der Waals surface area contributed by atoms with Gasteiger partial charge in [-0.25, -0.2) is 0 Å². The number of rotatable bonds is 8. The number of hydrogen-bond donors (Lipinski definition) is 0. The van der Waals surface area contributed by atoms with Crippen LogP contribution in [0.3, 0.4) is 0 Å². The van der Waals surface area contributed by atoms with Crippen LogP contribution >= 0.6 is 0 Å². The van der Waals surface area contributed by atoms with Crippen molar-refractivity contribution >= 4 is 29.0 Å². The molecule has 0 saturated carbocycles. The molecule has 0 aliphatic heterocycles. The van der Waals surface area contributed by atoms with E-state index in [0.717, 1.165) is 41.3 Å². The number of para-hydroxylation sites is 1. The molecular weight excluding hydrogens is 595 g/mol. The van der Waals surface area contributed by atoms with Crippen LogP contribution in [0.1, 0.15) is 68.9 Å². The average Bonchev–Trinajstić information content (AvgIpc) is 3.50. The molecule has 49 heavy (non-hydrogen) atoms. The first kappa shape index (κ1) is 30.9. The van der Waals surface area contributed by atoms with Crippen molar-refractivity contribution in [2.45, 2.75) is 51.9 Å². The summed E-state index contributed by atoms with van der Waals surface area (Å²) in [6, 6.07) is 51.0. The Morgan fingerprint density at radius 1 is 0.490 bits per heavy atom. The van der Waals surface area contributed by atoms with Crippen molar-refractivity contribution in [1.29, 1.82) is 0 Å². The van der Waals surface area contributed by atoms with Gasteiger partial charge in [-0.1, -0.05) is 126 Å². The van der Waals surface area contributed by atoms with Crippen molar-refractivity contribution in [3.8, 4) is 22.3 Å². The Kier molecular flexibility index (Phi) is 7.52. The van der Waals surface area contributed by atoms with Crippen LogP contribution in [0.4, 0.5) is 22.7 Å². The van der Waals surface area contributed by atoms with E-state index in [1.54, 1.807) is 0 Å². The Morgan fingerprint density at radius 3 is 1.49 bits per heavy atom. The summed E-state index contributed by atoms with van der Waals surface area (Å²) < 4.78 is 0. The maximum atomic E-state index is 4.89. The molecule has 3 nitrogen and oxygen atoms in total. The van der Waals surface area contributed by atoms with Crippen molar-refractivity contribution < 1.29 is 0 Å². The third-order valence-electron chi connectivity index (χ3n) is 10.6. The van der Waals surface area contributed by atoms with Crippen LogP contribution in [-0.2, 0) is 10.8 Å².